The summed E-state index contributed by atoms with van der Waals surface area (Å²) >= 11 is 3.46. The third-order valence-corrected chi connectivity index (χ3v) is 3.43. The monoisotopic (exact) mass is 268 g/mol. The summed E-state index contributed by atoms with van der Waals surface area (Å²) in [4.78, 5) is 0. The van der Waals surface area contributed by atoms with E-state index in [1.54, 1.807) is 0 Å². The van der Waals surface area contributed by atoms with Crippen LogP contribution >= 0.6 is 15.9 Å². The van der Waals surface area contributed by atoms with Gasteiger partial charge in [0.2, 0.25) is 0 Å². The van der Waals surface area contributed by atoms with Crippen molar-refractivity contribution in [2.45, 2.75) is 25.4 Å². The van der Waals surface area contributed by atoms with Crippen LogP contribution in [0.2, 0.25) is 0 Å². The Balaban J connectivity index is 2.01. The van der Waals surface area contributed by atoms with Crippen LogP contribution in [0.25, 0.3) is 0 Å². The fourth-order valence-corrected chi connectivity index (χ4v) is 2.10. The minimum atomic E-state index is 0.491. The van der Waals surface area contributed by atoms with Gasteiger partial charge in [-0.25, -0.2) is 0 Å². The molecular formula is C12H17BrN2. The molecule has 1 aromatic rings. The lowest BCUT2D eigenvalue weighted by molar-refractivity contribution is 0.325. The first kappa shape index (κ1) is 11.1. The highest BCUT2D eigenvalue weighted by Crippen LogP contribution is 2.20. The van der Waals surface area contributed by atoms with Crippen LogP contribution in [0.3, 0.4) is 0 Å². The standard InChI is InChI=1S/C12H17BrN2/c1-2-12(15-11-7-14-8-11)9-3-5-10(13)6-4-9/h3-6,11-12,14-15H,2,7-8H2,1H3. The molecule has 1 aliphatic rings. The maximum Gasteiger partial charge on any atom is 0.0323 e. The molecule has 15 heavy (non-hydrogen) atoms. The molecule has 82 valence electrons. The number of rotatable bonds is 4. The van der Waals surface area contributed by atoms with Crippen LogP contribution in [0.5, 0.6) is 0 Å². The van der Waals surface area contributed by atoms with Crippen molar-refractivity contribution >= 4 is 15.9 Å². The molecule has 1 saturated heterocycles. The van der Waals surface area contributed by atoms with Gasteiger partial charge in [0.05, 0.1) is 0 Å². The summed E-state index contributed by atoms with van der Waals surface area (Å²) in [7, 11) is 0. The zero-order valence-corrected chi connectivity index (χ0v) is 10.5. The van der Waals surface area contributed by atoms with Crippen molar-refractivity contribution in [3.05, 3.63) is 34.3 Å². The lowest BCUT2D eigenvalue weighted by atomic mass is 10.0. The van der Waals surface area contributed by atoms with Crippen LogP contribution in [-0.4, -0.2) is 19.1 Å². The second-order valence-electron chi connectivity index (χ2n) is 4.03. The van der Waals surface area contributed by atoms with E-state index in [4.69, 9.17) is 0 Å². The quantitative estimate of drug-likeness (QED) is 0.877. The van der Waals surface area contributed by atoms with Crippen LogP contribution in [-0.2, 0) is 0 Å². The van der Waals surface area contributed by atoms with Crippen LogP contribution in [0.15, 0.2) is 28.7 Å². The Kier molecular flexibility index (Phi) is 3.78. The molecular weight excluding hydrogens is 252 g/mol. The van der Waals surface area contributed by atoms with Crippen LogP contribution in [0, 0.1) is 0 Å². The third kappa shape index (κ3) is 2.80. The van der Waals surface area contributed by atoms with E-state index in [1.165, 1.54) is 5.56 Å². The molecule has 0 amide bonds. The Bertz CT molecular complexity index is 306. The molecule has 1 fully saturated rings. The van der Waals surface area contributed by atoms with Gasteiger partial charge in [-0.05, 0) is 24.1 Å². The molecule has 1 aliphatic heterocycles. The summed E-state index contributed by atoms with van der Waals surface area (Å²) in [6, 6.07) is 9.75. The van der Waals surface area contributed by atoms with Crippen molar-refractivity contribution in [1.82, 2.24) is 10.6 Å². The maximum atomic E-state index is 3.66. The number of halogens is 1. The summed E-state index contributed by atoms with van der Waals surface area (Å²) < 4.78 is 1.14. The number of hydrogen-bond acceptors (Lipinski definition) is 2. The maximum absolute atomic E-state index is 3.66. The van der Waals surface area contributed by atoms with Gasteiger partial charge in [-0.1, -0.05) is 35.0 Å². The summed E-state index contributed by atoms with van der Waals surface area (Å²) in [5.41, 5.74) is 1.38. The molecule has 1 atom stereocenters. The SMILES string of the molecule is CCC(NC1CNC1)c1ccc(Br)cc1. The van der Waals surface area contributed by atoms with Crippen molar-refractivity contribution in [2.75, 3.05) is 13.1 Å². The number of benzene rings is 1. The molecule has 0 bridgehead atoms. The molecule has 0 aromatic heterocycles. The van der Waals surface area contributed by atoms with E-state index in [0.29, 0.717) is 12.1 Å². The van der Waals surface area contributed by atoms with E-state index in [9.17, 15) is 0 Å². The topological polar surface area (TPSA) is 24.1 Å². The second kappa shape index (κ2) is 5.10. The van der Waals surface area contributed by atoms with Gasteiger partial charge in [0.15, 0.2) is 0 Å². The minimum absolute atomic E-state index is 0.491. The molecule has 1 aromatic carbocycles. The van der Waals surface area contributed by atoms with Crippen molar-refractivity contribution in [1.29, 1.82) is 0 Å². The van der Waals surface area contributed by atoms with Crippen LogP contribution in [0.1, 0.15) is 24.9 Å². The van der Waals surface area contributed by atoms with E-state index in [0.717, 1.165) is 24.0 Å². The fraction of sp³-hybridized carbons (Fsp3) is 0.500. The van der Waals surface area contributed by atoms with E-state index in [-0.39, 0.29) is 0 Å². The highest BCUT2D eigenvalue weighted by atomic mass is 79.9. The summed E-state index contributed by atoms with van der Waals surface area (Å²) in [5.74, 6) is 0. The van der Waals surface area contributed by atoms with E-state index >= 15 is 0 Å². The largest absolute Gasteiger partial charge is 0.314 e. The van der Waals surface area contributed by atoms with Gasteiger partial charge in [0, 0.05) is 29.6 Å². The third-order valence-electron chi connectivity index (χ3n) is 2.90. The highest BCUT2D eigenvalue weighted by Gasteiger charge is 2.20. The zero-order valence-electron chi connectivity index (χ0n) is 8.96. The highest BCUT2D eigenvalue weighted by molar-refractivity contribution is 9.10. The number of hydrogen-bond donors (Lipinski definition) is 2. The average molecular weight is 269 g/mol. The first-order chi connectivity index (χ1) is 7.29. The molecule has 2 N–H and O–H groups in total. The lowest BCUT2D eigenvalue weighted by Crippen LogP contribution is -2.56. The predicted molar refractivity (Wildman–Crippen MR) is 67.0 cm³/mol. The van der Waals surface area contributed by atoms with Gasteiger partial charge in [-0.3, -0.25) is 0 Å². The molecule has 0 radical (unpaired) electrons. The molecule has 2 nitrogen and oxygen atoms in total. The van der Waals surface area contributed by atoms with Crippen molar-refractivity contribution in [3.63, 3.8) is 0 Å². The normalized spacial score (nSPS) is 18.5. The average Bonchev–Trinajstić information content (AvgIpc) is 2.19. The van der Waals surface area contributed by atoms with Crippen molar-refractivity contribution in [3.8, 4) is 0 Å². The molecule has 1 unspecified atom stereocenters. The second-order valence-corrected chi connectivity index (χ2v) is 4.95. The van der Waals surface area contributed by atoms with Crippen LogP contribution < -0.4 is 10.6 Å². The fourth-order valence-electron chi connectivity index (χ4n) is 1.84. The van der Waals surface area contributed by atoms with Gasteiger partial charge in [-0.15, -0.1) is 0 Å². The Labute approximate surface area is 99.6 Å². The Hall–Kier alpha value is -0.380. The van der Waals surface area contributed by atoms with Crippen LogP contribution in [0.4, 0.5) is 0 Å². The van der Waals surface area contributed by atoms with Gasteiger partial charge >= 0.3 is 0 Å². The molecule has 0 spiro atoms. The van der Waals surface area contributed by atoms with Crippen molar-refractivity contribution < 1.29 is 0 Å². The molecule has 0 aliphatic carbocycles. The molecule has 3 heteroatoms. The summed E-state index contributed by atoms with van der Waals surface area (Å²) in [6.07, 6.45) is 1.14. The lowest BCUT2D eigenvalue weighted by Gasteiger charge is -2.32. The van der Waals surface area contributed by atoms with Gasteiger partial charge < -0.3 is 10.6 Å². The molecule has 1 heterocycles. The van der Waals surface area contributed by atoms with Gasteiger partial charge in [0.25, 0.3) is 0 Å². The first-order valence-electron chi connectivity index (χ1n) is 5.52. The van der Waals surface area contributed by atoms with E-state index < -0.39 is 0 Å². The molecule has 2 rings (SSSR count). The van der Waals surface area contributed by atoms with Crippen molar-refractivity contribution in [2.24, 2.45) is 0 Å². The molecule has 0 saturated carbocycles. The van der Waals surface area contributed by atoms with E-state index in [1.807, 2.05) is 0 Å². The Morgan fingerprint density at radius 2 is 2.07 bits per heavy atom. The van der Waals surface area contributed by atoms with E-state index in [2.05, 4.69) is 57.8 Å². The summed E-state index contributed by atoms with van der Waals surface area (Å²) in [5, 5.41) is 6.94. The zero-order chi connectivity index (χ0) is 10.7. The first-order valence-corrected chi connectivity index (χ1v) is 6.31. The Morgan fingerprint density at radius 1 is 1.40 bits per heavy atom. The smallest absolute Gasteiger partial charge is 0.0323 e. The van der Waals surface area contributed by atoms with Gasteiger partial charge in [-0.2, -0.15) is 0 Å². The number of nitrogens with one attached hydrogen (secondary N) is 2. The van der Waals surface area contributed by atoms with Gasteiger partial charge in [0.1, 0.15) is 0 Å². The summed E-state index contributed by atoms with van der Waals surface area (Å²) in [6.45, 7) is 4.44. The Morgan fingerprint density at radius 3 is 2.53 bits per heavy atom. The predicted octanol–water partition coefficient (Wildman–Crippen LogP) is 2.46. The minimum Gasteiger partial charge on any atom is -0.314 e.